The molecule has 0 saturated heterocycles. The van der Waals surface area contributed by atoms with Crippen molar-refractivity contribution in [1.29, 1.82) is 0 Å². The van der Waals surface area contributed by atoms with E-state index in [1.807, 2.05) is 20.0 Å². The molecule has 1 aromatic rings. The molecular weight excluding hydrogens is 132 g/mol. The number of benzene rings is 1. The largest absolute Gasteiger partial charge is 0.399 e. The lowest BCUT2D eigenvalue weighted by atomic mass is 9.96. The first-order valence-corrected chi connectivity index (χ1v) is 3.09. The van der Waals surface area contributed by atoms with Crippen molar-refractivity contribution in [2.75, 3.05) is 5.73 Å². The molecule has 0 aliphatic heterocycles. The molecule has 3 heteroatoms. The fourth-order valence-corrected chi connectivity index (χ4v) is 1.06. The molecule has 0 unspecified atom stereocenters. The Bertz CT molecular complexity index is 174. The average Bonchev–Trinajstić information content (AvgIpc) is 1.59. The first-order valence-electron chi connectivity index (χ1n) is 2.71. The second-order valence-electron chi connectivity index (χ2n) is 2.06. The number of nitrogens with two attached hydrogens (primary N) is 1. The molecule has 0 atom stereocenters. The SMILES string of the molecule is Bc1cc(N)cc(Cl)c1. The zero-order chi connectivity index (χ0) is 6.85. The average molecular weight is 139 g/mol. The van der Waals surface area contributed by atoms with Gasteiger partial charge < -0.3 is 5.73 Å². The second-order valence-corrected chi connectivity index (χ2v) is 2.50. The van der Waals surface area contributed by atoms with E-state index in [2.05, 4.69) is 0 Å². The van der Waals surface area contributed by atoms with Gasteiger partial charge in [0.2, 0.25) is 0 Å². The molecule has 1 nitrogen and oxygen atoms in total. The maximum atomic E-state index is 5.67. The number of hydrogen-bond donors (Lipinski definition) is 1. The minimum Gasteiger partial charge on any atom is -0.399 e. The maximum Gasteiger partial charge on any atom is 0.139 e. The Hall–Kier alpha value is -0.625. The highest BCUT2D eigenvalue weighted by molar-refractivity contribution is 6.36. The summed E-state index contributed by atoms with van der Waals surface area (Å²) in [6, 6.07) is 5.48. The summed E-state index contributed by atoms with van der Waals surface area (Å²) in [5.74, 6) is 0. The third kappa shape index (κ3) is 1.65. The van der Waals surface area contributed by atoms with Crippen molar-refractivity contribution in [2.45, 2.75) is 0 Å². The van der Waals surface area contributed by atoms with E-state index in [0.717, 1.165) is 11.2 Å². The molecule has 0 amide bonds. The fourth-order valence-electron chi connectivity index (χ4n) is 0.765. The molecule has 0 aromatic heterocycles. The molecule has 0 spiro atoms. The van der Waals surface area contributed by atoms with Crippen molar-refractivity contribution in [1.82, 2.24) is 0 Å². The molecule has 0 radical (unpaired) electrons. The van der Waals surface area contributed by atoms with Gasteiger partial charge in [-0.25, -0.2) is 0 Å². The highest BCUT2D eigenvalue weighted by Crippen LogP contribution is 2.09. The molecule has 2 N–H and O–H groups in total. The zero-order valence-electron chi connectivity index (χ0n) is 5.19. The van der Waals surface area contributed by atoms with Gasteiger partial charge in [-0.1, -0.05) is 17.1 Å². The van der Waals surface area contributed by atoms with Crippen LogP contribution < -0.4 is 11.2 Å². The van der Waals surface area contributed by atoms with E-state index in [0.29, 0.717) is 5.02 Å². The summed E-state index contributed by atoms with van der Waals surface area (Å²) in [5, 5.41) is 0.701. The molecule has 1 rings (SSSR count). The Kier molecular flexibility index (Phi) is 1.67. The Morgan fingerprint density at radius 3 is 2.44 bits per heavy atom. The van der Waals surface area contributed by atoms with E-state index >= 15 is 0 Å². The predicted molar refractivity (Wildman–Crippen MR) is 44.0 cm³/mol. The van der Waals surface area contributed by atoms with Crippen molar-refractivity contribution in [3.05, 3.63) is 23.2 Å². The summed E-state index contributed by atoms with van der Waals surface area (Å²) < 4.78 is 0. The van der Waals surface area contributed by atoms with E-state index in [9.17, 15) is 0 Å². The Labute approximate surface area is 60.2 Å². The highest BCUT2D eigenvalue weighted by Gasteiger charge is 1.89. The summed E-state index contributed by atoms with van der Waals surface area (Å²) in [7, 11) is 1.96. The molecule has 46 valence electrons. The van der Waals surface area contributed by atoms with Crippen LogP contribution in [0.4, 0.5) is 5.69 Å². The molecule has 0 saturated carbocycles. The summed E-state index contributed by atoms with van der Waals surface area (Å²) in [4.78, 5) is 0. The molecule has 1 aromatic carbocycles. The van der Waals surface area contributed by atoms with Gasteiger partial charge in [-0.3, -0.25) is 0 Å². The van der Waals surface area contributed by atoms with E-state index in [4.69, 9.17) is 17.3 Å². The minimum atomic E-state index is 0.701. The fraction of sp³-hybridized carbons (Fsp3) is 0. The minimum absolute atomic E-state index is 0.701. The normalized spacial score (nSPS) is 9.44. The molecule has 0 heterocycles. The zero-order valence-corrected chi connectivity index (χ0v) is 5.94. The van der Waals surface area contributed by atoms with Crippen LogP contribution in [0.1, 0.15) is 0 Å². The van der Waals surface area contributed by atoms with E-state index in [-0.39, 0.29) is 0 Å². The standard InChI is InChI=1S/C6H7BClN/c7-4-1-5(8)3-6(9)2-4/h1-3H,7,9H2. The van der Waals surface area contributed by atoms with Gasteiger partial charge in [0.05, 0.1) is 0 Å². The number of nitrogen functional groups attached to an aromatic ring is 1. The summed E-state index contributed by atoms with van der Waals surface area (Å²) in [5.41, 5.74) is 7.29. The monoisotopic (exact) mass is 139 g/mol. The van der Waals surface area contributed by atoms with Gasteiger partial charge in [0.15, 0.2) is 0 Å². The molecular formula is C6H7BClN. The molecule has 0 bridgehead atoms. The first kappa shape index (κ1) is 6.49. The maximum absolute atomic E-state index is 5.67. The smallest absolute Gasteiger partial charge is 0.139 e. The Morgan fingerprint density at radius 1 is 1.33 bits per heavy atom. The topological polar surface area (TPSA) is 26.0 Å². The Morgan fingerprint density at radius 2 is 2.00 bits per heavy atom. The van der Waals surface area contributed by atoms with E-state index in [1.54, 1.807) is 6.07 Å². The van der Waals surface area contributed by atoms with E-state index < -0.39 is 0 Å². The third-order valence-electron chi connectivity index (χ3n) is 1.06. The number of rotatable bonds is 0. The summed E-state index contributed by atoms with van der Waals surface area (Å²) >= 11 is 5.67. The molecule has 0 aliphatic carbocycles. The van der Waals surface area contributed by atoms with Crippen LogP contribution in [0.5, 0.6) is 0 Å². The van der Waals surface area contributed by atoms with Crippen LogP contribution in [0, 0.1) is 0 Å². The van der Waals surface area contributed by atoms with Gasteiger partial charge in [-0.2, -0.15) is 0 Å². The number of halogens is 1. The quantitative estimate of drug-likeness (QED) is 0.403. The number of hydrogen-bond acceptors (Lipinski definition) is 1. The van der Waals surface area contributed by atoms with Crippen molar-refractivity contribution in [2.24, 2.45) is 0 Å². The summed E-state index contributed by atoms with van der Waals surface area (Å²) in [6.45, 7) is 0. The number of anilines is 1. The Balaban J connectivity index is 3.17. The lowest BCUT2D eigenvalue weighted by Crippen LogP contribution is -2.02. The van der Waals surface area contributed by atoms with Gasteiger partial charge in [-0.15, -0.1) is 0 Å². The second kappa shape index (κ2) is 2.32. The third-order valence-corrected chi connectivity index (χ3v) is 1.28. The van der Waals surface area contributed by atoms with Crippen LogP contribution in [-0.2, 0) is 0 Å². The van der Waals surface area contributed by atoms with Crippen LogP contribution in [0.15, 0.2) is 18.2 Å². The van der Waals surface area contributed by atoms with Crippen molar-refractivity contribution < 1.29 is 0 Å². The van der Waals surface area contributed by atoms with Crippen LogP contribution in [0.25, 0.3) is 0 Å². The first-order chi connectivity index (χ1) is 4.18. The molecule has 0 aliphatic rings. The van der Waals surface area contributed by atoms with Gasteiger partial charge in [0.1, 0.15) is 7.85 Å². The van der Waals surface area contributed by atoms with E-state index in [1.165, 1.54) is 0 Å². The van der Waals surface area contributed by atoms with Gasteiger partial charge in [0, 0.05) is 10.7 Å². The van der Waals surface area contributed by atoms with Crippen molar-refractivity contribution >= 4 is 30.6 Å². The lowest BCUT2D eigenvalue weighted by Gasteiger charge is -1.95. The molecule has 0 fully saturated rings. The van der Waals surface area contributed by atoms with Crippen LogP contribution in [0.3, 0.4) is 0 Å². The van der Waals surface area contributed by atoms with Gasteiger partial charge in [0.25, 0.3) is 0 Å². The van der Waals surface area contributed by atoms with Crippen LogP contribution >= 0.6 is 11.6 Å². The summed E-state index contributed by atoms with van der Waals surface area (Å²) in [6.07, 6.45) is 0. The van der Waals surface area contributed by atoms with Crippen LogP contribution in [-0.4, -0.2) is 7.85 Å². The van der Waals surface area contributed by atoms with Gasteiger partial charge >= 0.3 is 0 Å². The van der Waals surface area contributed by atoms with Gasteiger partial charge in [-0.05, 0) is 18.2 Å². The lowest BCUT2D eigenvalue weighted by molar-refractivity contribution is 1.73. The predicted octanol–water partition coefficient (Wildman–Crippen LogP) is 0.181. The van der Waals surface area contributed by atoms with Crippen LogP contribution in [0.2, 0.25) is 5.02 Å². The highest BCUT2D eigenvalue weighted by atomic mass is 35.5. The van der Waals surface area contributed by atoms with Crippen molar-refractivity contribution in [3.63, 3.8) is 0 Å². The molecule has 9 heavy (non-hydrogen) atoms. The van der Waals surface area contributed by atoms with Crippen molar-refractivity contribution in [3.8, 4) is 0 Å².